The van der Waals surface area contributed by atoms with E-state index in [0.29, 0.717) is 6.42 Å². The molecule has 0 bridgehead atoms. The molecule has 0 aliphatic rings. The Morgan fingerprint density at radius 3 is 2.10 bits per heavy atom. The zero-order valence-corrected chi connectivity index (χ0v) is 13.2. The van der Waals surface area contributed by atoms with Crippen molar-refractivity contribution in [3.8, 4) is 0 Å². The third-order valence-corrected chi connectivity index (χ3v) is 3.49. The van der Waals surface area contributed by atoms with Gasteiger partial charge in [0.2, 0.25) is 0 Å². The van der Waals surface area contributed by atoms with Gasteiger partial charge < -0.3 is 10.4 Å². The van der Waals surface area contributed by atoms with E-state index >= 15 is 0 Å². The quantitative estimate of drug-likeness (QED) is 0.687. The highest BCUT2D eigenvalue weighted by molar-refractivity contribution is 4.88. The zero-order valence-electron chi connectivity index (χ0n) is 13.2. The largest absolute Gasteiger partial charge is 0.401 e. The summed E-state index contributed by atoms with van der Waals surface area (Å²) in [6.45, 7) is 8.91. The van der Waals surface area contributed by atoms with Crippen molar-refractivity contribution in [3.63, 3.8) is 0 Å². The Bertz CT molecular complexity index is 272. The van der Waals surface area contributed by atoms with Crippen molar-refractivity contribution in [3.05, 3.63) is 0 Å². The minimum atomic E-state index is -4.20. The van der Waals surface area contributed by atoms with Crippen LogP contribution in [0.5, 0.6) is 0 Å². The summed E-state index contributed by atoms with van der Waals surface area (Å²) in [5.41, 5.74) is -0.547. The molecule has 0 spiro atoms. The van der Waals surface area contributed by atoms with Gasteiger partial charge in [0.15, 0.2) is 0 Å². The van der Waals surface area contributed by atoms with Crippen LogP contribution in [0.4, 0.5) is 13.2 Å². The van der Waals surface area contributed by atoms with Gasteiger partial charge >= 0.3 is 6.18 Å². The molecule has 0 aliphatic heterocycles. The molecule has 0 saturated heterocycles. The SMILES string of the molecule is CCCNC(C)(CO)CC(C)N(CC(F)(F)F)C(C)C. The third kappa shape index (κ3) is 7.45. The number of rotatable bonds is 9. The van der Waals surface area contributed by atoms with Crippen molar-refractivity contribution >= 4 is 0 Å². The normalized spacial score (nSPS) is 17.6. The number of nitrogens with zero attached hydrogens (tertiary/aromatic N) is 1. The van der Waals surface area contributed by atoms with Gasteiger partial charge in [0.05, 0.1) is 13.2 Å². The summed E-state index contributed by atoms with van der Waals surface area (Å²) in [6.07, 6.45) is -2.82. The lowest BCUT2D eigenvalue weighted by Gasteiger charge is -2.39. The smallest absolute Gasteiger partial charge is 0.394 e. The Balaban J connectivity index is 4.76. The fourth-order valence-electron chi connectivity index (χ4n) is 2.44. The summed E-state index contributed by atoms with van der Waals surface area (Å²) < 4.78 is 37.9. The highest BCUT2D eigenvalue weighted by atomic mass is 19.4. The van der Waals surface area contributed by atoms with Gasteiger partial charge in [0, 0.05) is 17.6 Å². The summed E-state index contributed by atoms with van der Waals surface area (Å²) in [5.74, 6) is 0. The topological polar surface area (TPSA) is 35.5 Å². The number of aliphatic hydroxyl groups excluding tert-OH is 1. The Kier molecular flexibility index (Phi) is 8.06. The molecule has 0 fully saturated rings. The number of hydrogen-bond acceptors (Lipinski definition) is 3. The molecule has 0 heterocycles. The van der Waals surface area contributed by atoms with Crippen LogP contribution in [0.25, 0.3) is 0 Å². The van der Waals surface area contributed by atoms with Gasteiger partial charge in [-0.3, -0.25) is 4.90 Å². The van der Waals surface area contributed by atoms with Gasteiger partial charge in [-0.2, -0.15) is 13.2 Å². The summed E-state index contributed by atoms with van der Waals surface area (Å²) in [5, 5.41) is 12.7. The number of halogens is 3. The molecular weight excluding hydrogens is 269 g/mol. The van der Waals surface area contributed by atoms with Gasteiger partial charge in [0.25, 0.3) is 0 Å². The summed E-state index contributed by atoms with van der Waals surface area (Å²) in [6, 6.07) is -0.459. The van der Waals surface area contributed by atoms with E-state index in [1.165, 1.54) is 4.90 Å². The van der Waals surface area contributed by atoms with Crippen LogP contribution in [0.3, 0.4) is 0 Å². The molecule has 0 amide bonds. The van der Waals surface area contributed by atoms with Crippen molar-refractivity contribution in [1.29, 1.82) is 0 Å². The maximum absolute atomic E-state index is 12.6. The molecular formula is C14H29F3N2O. The monoisotopic (exact) mass is 298 g/mol. The molecule has 20 heavy (non-hydrogen) atoms. The molecule has 0 aromatic rings. The predicted octanol–water partition coefficient (Wildman–Crippen LogP) is 2.79. The van der Waals surface area contributed by atoms with Crippen LogP contribution < -0.4 is 5.32 Å². The number of hydrogen-bond donors (Lipinski definition) is 2. The molecule has 122 valence electrons. The lowest BCUT2D eigenvalue weighted by molar-refractivity contribution is -0.155. The lowest BCUT2D eigenvalue weighted by atomic mass is 9.93. The molecule has 0 aromatic heterocycles. The number of aliphatic hydroxyl groups is 1. The first-order chi connectivity index (χ1) is 9.04. The van der Waals surface area contributed by atoms with Crippen molar-refractivity contribution in [2.75, 3.05) is 19.7 Å². The fourth-order valence-corrected chi connectivity index (χ4v) is 2.44. The van der Waals surface area contributed by atoms with E-state index in [4.69, 9.17) is 0 Å². The average Bonchev–Trinajstić information content (AvgIpc) is 2.32. The van der Waals surface area contributed by atoms with Crippen molar-refractivity contribution in [1.82, 2.24) is 10.2 Å². The van der Waals surface area contributed by atoms with E-state index in [1.54, 1.807) is 20.8 Å². The van der Waals surface area contributed by atoms with Gasteiger partial charge in [-0.1, -0.05) is 6.92 Å². The van der Waals surface area contributed by atoms with Crippen LogP contribution in [0, 0.1) is 0 Å². The Morgan fingerprint density at radius 1 is 1.20 bits per heavy atom. The first-order valence-corrected chi connectivity index (χ1v) is 7.23. The lowest BCUT2D eigenvalue weighted by Crippen LogP contribution is -2.53. The fraction of sp³-hybridized carbons (Fsp3) is 1.00. The molecule has 0 aromatic carbocycles. The van der Waals surface area contributed by atoms with Crippen molar-refractivity contribution < 1.29 is 18.3 Å². The minimum absolute atomic E-state index is 0.0880. The third-order valence-electron chi connectivity index (χ3n) is 3.49. The molecule has 0 aliphatic carbocycles. The molecule has 2 atom stereocenters. The molecule has 0 saturated carbocycles. The molecule has 3 nitrogen and oxygen atoms in total. The summed E-state index contributed by atoms with van der Waals surface area (Å²) in [4.78, 5) is 1.43. The van der Waals surface area contributed by atoms with Gasteiger partial charge in [0.1, 0.15) is 0 Å². The molecule has 0 radical (unpaired) electrons. The van der Waals surface area contributed by atoms with Crippen LogP contribution in [-0.2, 0) is 0 Å². The van der Waals surface area contributed by atoms with Crippen LogP contribution in [0.1, 0.15) is 47.5 Å². The maximum atomic E-state index is 12.6. The predicted molar refractivity (Wildman–Crippen MR) is 75.8 cm³/mol. The number of alkyl halides is 3. The van der Waals surface area contributed by atoms with E-state index in [-0.39, 0.29) is 18.7 Å². The summed E-state index contributed by atoms with van der Waals surface area (Å²) >= 11 is 0. The first-order valence-electron chi connectivity index (χ1n) is 7.23. The first kappa shape index (κ1) is 19.7. The van der Waals surface area contributed by atoms with E-state index in [0.717, 1.165) is 13.0 Å². The van der Waals surface area contributed by atoms with E-state index < -0.39 is 18.3 Å². The van der Waals surface area contributed by atoms with E-state index in [2.05, 4.69) is 5.32 Å². The molecule has 6 heteroatoms. The second kappa shape index (κ2) is 8.20. The van der Waals surface area contributed by atoms with Gasteiger partial charge in [-0.25, -0.2) is 0 Å². The van der Waals surface area contributed by atoms with Crippen LogP contribution >= 0.6 is 0 Å². The standard InChI is InChI=1S/C14H29F3N2O/c1-6-7-18-13(5,10-20)8-12(4)19(11(2)3)9-14(15,16)17/h11-12,18,20H,6-10H2,1-5H3. The van der Waals surface area contributed by atoms with Gasteiger partial charge in [-0.15, -0.1) is 0 Å². The highest BCUT2D eigenvalue weighted by Crippen LogP contribution is 2.23. The Morgan fingerprint density at radius 2 is 1.75 bits per heavy atom. The highest BCUT2D eigenvalue weighted by Gasteiger charge is 2.36. The maximum Gasteiger partial charge on any atom is 0.401 e. The van der Waals surface area contributed by atoms with Crippen molar-refractivity contribution in [2.45, 2.75) is 71.3 Å². The number of nitrogens with one attached hydrogen (secondary N) is 1. The van der Waals surface area contributed by atoms with Gasteiger partial charge in [-0.05, 0) is 47.1 Å². The molecule has 2 N–H and O–H groups in total. The second-order valence-corrected chi connectivity index (χ2v) is 6.08. The second-order valence-electron chi connectivity index (χ2n) is 6.08. The average molecular weight is 298 g/mol. The Labute approximate surface area is 120 Å². The molecule has 0 rings (SSSR count). The summed E-state index contributed by atoms with van der Waals surface area (Å²) in [7, 11) is 0. The van der Waals surface area contributed by atoms with Crippen LogP contribution in [-0.4, -0.2) is 53.5 Å². The Hall–Kier alpha value is -0.330. The molecule has 2 unspecified atom stereocenters. The zero-order chi connectivity index (χ0) is 16.0. The van der Waals surface area contributed by atoms with E-state index in [9.17, 15) is 18.3 Å². The van der Waals surface area contributed by atoms with E-state index in [1.807, 2.05) is 13.8 Å². The van der Waals surface area contributed by atoms with Crippen LogP contribution in [0.2, 0.25) is 0 Å². The van der Waals surface area contributed by atoms with Crippen molar-refractivity contribution in [2.24, 2.45) is 0 Å². The van der Waals surface area contributed by atoms with Crippen LogP contribution in [0.15, 0.2) is 0 Å². The minimum Gasteiger partial charge on any atom is -0.394 e.